The van der Waals surface area contributed by atoms with Gasteiger partial charge < -0.3 is 15.3 Å². The maximum absolute atomic E-state index is 13.4. The van der Waals surface area contributed by atoms with E-state index in [2.05, 4.69) is 10.2 Å². The van der Waals surface area contributed by atoms with Crippen molar-refractivity contribution in [1.29, 1.82) is 0 Å². The first-order valence-corrected chi connectivity index (χ1v) is 9.27. The van der Waals surface area contributed by atoms with Crippen LogP contribution in [0.3, 0.4) is 0 Å². The van der Waals surface area contributed by atoms with Gasteiger partial charge in [-0.2, -0.15) is 0 Å². The molecule has 0 aromatic heterocycles. The second-order valence-corrected chi connectivity index (χ2v) is 7.41. The van der Waals surface area contributed by atoms with Crippen LogP contribution in [-0.2, 0) is 15.0 Å². The number of aryl methyl sites for hydroxylation is 1. The van der Waals surface area contributed by atoms with E-state index >= 15 is 0 Å². The Kier molecular flexibility index (Phi) is 5.61. The molecular formula is C22H26N2O3. The fourth-order valence-corrected chi connectivity index (χ4v) is 3.81. The molecule has 1 aliphatic heterocycles. The number of nitrogens with one attached hydrogen (secondary N) is 1. The summed E-state index contributed by atoms with van der Waals surface area (Å²) in [5, 5.41) is 12.6. The number of carbonyl (C=O) groups is 2. The van der Waals surface area contributed by atoms with E-state index in [9.17, 15) is 14.7 Å². The van der Waals surface area contributed by atoms with Gasteiger partial charge in [0.05, 0.1) is 5.41 Å². The van der Waals surface area contributed by atoms with Gasteiger partial charge in [0.1, 0.15) is 0 Å². The van der Waals surface area contributed by atoms with Crippen LogP contribution in [0.5, 0.6) is 0 Å². The molecule has 1 aliphatic rings. The van der Waals surface area contributed by atoms with Crippen LogP contribution in [0.1, 0.15) is 35.6 Å². The average Bonchev–Trinajstić information content (AvgIpc) is 2.67. The summed E-state index contributed by atoms with van der Waals surface area (Å²) in [7, 11) is 2.04. The topological polar surface area (TPSA) is 69.6 Å². The zero-order chi connectivity index (χ0) is 19.4. The molecule has 5 nitrogen and oxygen atoms in total. The van der Waals surface area contributed by atoms with Crippen LogP contribution in [-0.4, -0.2) is 42.0 Å². The fraction of sp³-hybridized carbons (Fsp3) is 0.364. The third-order valence-electron chi connectivity index (χ3n) is 5.50. The van der Waals surface area contributed by atoms with Gasteiger partial charge in [-0.1, -0.05) is 60.2 Å². The number of likely N-dealkylation sites (tertiary alicyclic amines) is 1. The lowest BCUT2D eigenvalue weighted by Gasteiger charge is -2.40. The summed E-state index contributed by atoms with van der Waals surface area (Å²) in [6.07, 6.45) is 1.33. The first-order chi connectivity index (χ1) is 12.9. The van der Waals surface area contributed by atoms with Crippen molar-refractivity contribution in [1.82, 2.24) is 10.2 Å². The predicted molar refractivity (Wildman–Crippen MR) is 105 cm³/mol. The minimum absolute atomic E-state index is 0.212. The van der Waals surface area contributed by atoms with Gasteiger partial charge in [0.25, 0.3) is 0 Å². The number of aliphatic carboxylic acids is 1. The van der Waals surface area contributed by atoms with Crippen LogP contribution in [0.4, 0.5) is 0 Å². The van der Waals surface area contributed by atoms with Crippen molar-refractivity contribution < 1.29 is 14.7 Å². The van der Waals surface area contributed by atoms with E-state index in [1.54, 1.807) is 6.07 Å². The van der Waals surface area contributed by atoms with Gasteiger partial charge in [0, 0.05) is 0 Å². The molecule has 0 spiro atoms. The quantitative estimate of drug-likeness (QED) is 0.854. The highest BCUT2D eigenvalue weighted by atomic mass is 16.4. The highest BCUT2D eigenvalue weighted by Crippen LogP contribution is 2.36. The number of hydrogen-bond acceptors (Lipinski definition) is 3. The maximum atomic E-state index is 13.4. The summed E-state index contributed by atoms with van der Waals surface area (Å²) in [5.41, 5.74) is 1.80. The first-order valence-electron chi connectivity index (χ1n) is 9.27. The summed E-state index contributed by atoms with van der Waals surface area (Å²) >= 11 is 0. The Morgan fingerprint density at radius 2 is 1.74 bits per heavy atom. The van der Waals surface area contributed by atoms with Crippen molar-refractivity contribution >= 4 is 11.9 Å². The Bertz CT molecular complexity index is 811. The standard InChI is InChI=1S/C22H26N2O3/c1-16-7-6-8-17(15-16)19(20(25)26)23-21(27)22(11-13-24(2)14-12-22)18-9-4-3-5-10-18/h3-10,15,19H,11-14H2,1-2H3,(H,23,27)(H,25,26). The van der Waals surface area contributed by atoms with Crippen LogP contribution in [0, 0.1) is 6.92 Å². The molecule has 1 atom stereocenters. The van der Waals surface area contributed by atoms with Crippen molar-refractivity contribution in [3.8, 4) is 0 Å². The monoisotopic (exact) mass is 366 g/mol. The Morgan fingerprint density at radius 1 is 1.07 bits per heavy atom. The first kappa shape index (κ1) is 19.1. The van der Waals surface area contributed by atoms with Crippen molar-refractivity contribution in [3.63, 3.8) is 0 Å². The van der Waals surface area contributed by atoms with E-state index in [0.717, 1.165) is 24.2 Å². The zero-order valence-corrected chi connectivity index (χ0v) is 15.8. The fourth-order valence-electron chi connectivity index (χ4n) is 3.81. The molecule has 0 saturated carbocycles. The molecule has 3 rings (SSSR count). The molecule has 27 heavy (non-hydrogen) atoms. The number of carboxylic acid groups (broad SMARTS) is 1. The number of carboxylic acids is 1. The summed E-state index contributed by atoms with van der Waals surface area (Å²) in [6.45, 7) is 3.50. The largest absolute Gasteiger partial charge is 0.479 e. The zero-order valence-electron chi connectivity index (χ0n) is 15.8. The van der Waals surface area contributed by atoms with Crippen molar-refractivity contribution in [2.24, 2.45) is 0 Å². The average molecular weight is 366 g/mol. The highest BCUT2D eigenvalue weighted by molar-refractivity contribution is 5.92. The highest BCUT2D eigenvalue weighted by Gasteiger charge is 2.43. The maximum Gasteiger partial charge on any atom is 0.330 e. The lowest BCUT2D eigenvalue weighted by Crippen LogP contribution is -2.52. The summed E-state index contributed by atoms with van der Waals surface area (Å²) < 4.78 is 0. The van der Waals surface area contributed by atoms with Crippen LogP contribution in [0.25, 0.3) is 0 Å². The summed E-state index contributed by atoms with van der Waals surface area (Å²) in [6, 6.07) is 15.9. The van der Waals surface area contributed by atoms with E-state index in [0.29, 0.717) is 18.4 Å². The van der Waals surface area contributed by atoms with E-state index in [1.165, 1.54) is 0 Å². The SMILES string of the molecule is Cc1cccc(C(NC(=O)C2(c3ccccc3)CCN(C)CC2)C(=O)O)c1. The van der Waals surface area contributed by atoms with Crippen LogP contribution >= 0.6 is 0 Å². The minimum atomic E-state index is -1.06. The Balaban J connectivity index is 1.93. The normalized spacial score (nSPS) is 17.9. The Labute approximate surface area is 160 Å². The molecule has 2 aromatic rings. The van der Waals surface area contributed by atoms with Crippen molar-refractivity contribution in [2.75, 3.05) is 20.1 Å². The van der Waals surface area contributed by atoms with E-state index < -0.39 is 17.4 Å². The molecule has 2 N–H and O–H groups in total. The number of amides is 1. The molecule has 1 saturated heterocycles. The van der Waals surface area contributed by atoms with Crippen LogP contribution in [0.15, 0.2) is 54.6 Å². The van der Waals surface area contributed by atoms with Crippen LogP contribution < -0.4 is 5.32 Å². The Morgan fingerprint density at radius 3 is 2.33 bits per heavy atom. The molecule has 142 valence electrons. The van der Waals surface area contributed by atoms with Crippen molar-refractivity contribution in [2.45, 2.75) is 31.2 Å². The minimum Gasteiger partial charge on any atom is -0.479 e. The summed E-state index contributed by atoms with van der Waals surface area (Å²) in [4.78, 5) is 27.5. The smallest absolute Gasteiger partial charge is 0.330 e. The molecule has 5 heteroatoms. The molecule has 1 fully saturated rings. The molecule has 1 unspecified atom stereocenters. The third kappa shape index (κ3) is 4.03. The molecule has 0 aliphatic carbocycles. The van der Waals surface area contributed by atoms with Crippen molar-refractivity contribution in [3.05, 3.63) is 71.3 Å². The molecule has 1 heterocycles. The van der Waals surface area contributed by atoms with Gasteiger partial charge >= 0.3 is 5.97 Å². The van der Waals surface area contributed by atoms with E-state index in [-0.39, 0.29) is 5.91 Å². The predicted octanol–water partition coefficient (Wildman–Crippen LogP) is 2.90. The van der Waals surface area contributed by atoms with Gasteiger partial charge in [-0.3, -0.25) is 4.79 Å². The van der Waals surface area contributed by atoms with Gasteiger partial charge in [-0.15, -0.1) is 0 Å². The molecule has 2 aromatic carbocycles. The van der Waals surface area contributed by atoms with Crippen LogP contribution in [0.2, 0.25) is 0 Å². The molecular weight excluding hydrogens is 340 g/mol. The van der Waals surface area contributed by atoms with E-state index in [1.807, 2.05) is 62.5 Å². The Hall–Kier alpha value is -2.66. The number of nitrogens with zero attached hydrogens (tertiary/aromatic N) is 1. The second kappa shape index (κ2) is 7.92. The third-order valence-corrected chi connectivity index (χ3v) is 5.50. The van der Waals surface area contributed by atoms with Gasteiger partial charge in [-0.05, 0) is 51.0 Å². The molecule has 0 bridgehead atoms. The van der Waals surface area contributed by atoms with Gasteiger partial charge in [0.15, 0.2) is 6.04 Å². The number of rotatable bonds is 5. The number of benzene rings is 2. The molecule has 0 radical (unpaired) electrons. The number of carbonyl (C=O) groups excluding carboxylic acids is 1. The lowest BCUT2D eigenvalue weighted by atomic mass is 9.72. The second-order valence-electron chi connectivity index (χ2n) is 7.41. The molecule has 1 amide bonds. The number of piperidine rings is 1. The summed E-state index contributed by atoms with van der Waals surface area (Å²) in [5.74, 6) is -1.26. The lowest BCUT2D eigenvalue weighted by molar-refractivity contribution is -0.143. The van der Waals surface area contributed by atoms with Gasteiger partial charge in [-0.25, -0.2) is 4.79 Å². The van der Waals surface area contributed by atoms with E-state index in [4.69, 9.17) is 0 Å². The number of hydrogen-bond donors (Lipinski definition) is 2. The van der Waals surface area contributed by atoms with Gasteiger partial charge in [0.2, 0.25) is 5.91 Å².